The van der Waals surface area contributed by atoms with Crippen LogP contribution in [0.15, 0.2) is 18.2 Å². The van der Waals surface area contributed by atoms with Crippen molar-refractivity contribution >= 4 is 38.7 Å². The van der Waals surface area contributed by atoms with Crippen molar-refractivity contribution in [2.45, 2.75) is 26.3 Å². The summed E-state index contributed by atoms with van der Waals surface area (Å²) in [5, 5.41) is 20.6. The van der Waals surface area contributed by atoms with Crippen LogP contribution < -0.4 is 0 Å². The zero-order chi connectivity index (χ0) is 18.4. The summed E-state index contributed by atoms with van der Waals surface area (Å²) < 4.78 is 0.937. The molecule has 0 bridgehead atoms. The number of carboxylic acid groups (broad SMARTS) is 1. The summed E-state index contributed by atoms with van der Waals surface area (Å²) in [5.74, 6) is -0.948. The van der Waals surface area contributed by atoms with Gasteiger partial charge < -0.3 is 5.11 Å². The molecule has 1 unspecified atom stereocenters. The first-order chi connectivity index (χ1) is 12.5. The number of aromatic nitrogens is 1. The molecule has 2 aromatic heterocycles. The summed E-state index contributed by atoms with van der Waals surface area (Å²) in [4.78, 5) is 19.3. The van der Waals surface area contributed by atoms with E-state index in [-0.39, 0.29) is 4.88 Å². The van der Waals surface area contributed by atoms with Crippen molar-refractivity contribution in [3.8, 4) is 16.0 Å². The highest BCUT2D eigenvalue weighted by atomic mass is 32.1. The highest BCUT2D eigenvalue weighted by Crippen LogP contribution is 2.40. The van der Waals surface area contributed by atoms with Crippen LogP contribution in [0.1, 0.15) is 45.9 Å². The summed E-state index contributed by atoms with van der Waals surface area (Å²) in [5.41, 5.74) is 2.36. The Balaban J connectivity index is 1.80. The van der Waals surface area contributed by atoms with Gasteiger partial charge >= 0.3 is 5.97 Å². The first kappa shape index (κ1) is 17.2. The molecule has 1 aromatic carbocycles. The lowest BCUT2D eigenvalue weighted by Gasteiger charge is -2.36. The second-order valence-corrected chi connectivity index (χ2v) is 8.56. The van der Waals surface area contributed by atoms with Crippen LogP contribution in [0, 0.1) is 18.3 Å². The number of carbonyl (C=O) groups is 1. The van der Waals surface area contributed by atoms with Crippen LogP contribution in [0.2, 0.25) is 0 Å². The molecule has 0 spiro atoms. The van der Waals surface area contributed by atoms with Crippen molar-refractivity contribution in [3.63, 3.8) is 0 Å². The van der Waals surface area contributed by atoms with Gasteiger partial charge in [-0.25, -0.2) is 9.78 Å². The molecule has 132 valence electrons. The Hall–Kier alpha value is -2.27. The Morgan fingerprint density at radius 3 is 2.69 bits per heavy atom. The molecule has 0 aliphatic carbocycles. The summed E-state index contributed by atoms with van der Waals surface area (Å²) in [6.07, 6.45) is 1.23. The van der Waals surface area contributed by atoms with Gasteiger partial charge in [-0.3, -0.25) is 4.90 Å². The summed E-state index contributed by atoms with van der Waals surface area (Å²) in [6, 6.07) is 8.78. The van der Waals surface area contributed by atoms with E-state index in [0.29, 0.717) is 22.3 Å². The van der Waals surface area contributed by atoms with E-state index in [9.17, 15) is 15.2 Å². The Morgan fingerprint density at radius 1 is 1.35 bits per heavy atom. The Bertz CT molecular complexity index is 1060. The van der Waals surface area contributed by atoms with Crippen molar-refractivity contribution in [1.29, 1.82) is 5.26 Å². The number of fused-ring (bicyclic) bond motifs is 1. The Labute approximate surface area is 159 Å². The summed E-state index contributed by atoms with van der Waals surface area (Å²) in [6.45, 7) is 6.10. The minimum Gasteiger partial charge on any atom is -0.477 e. The van der Waals surface area contributed by atoms with E-state index >= 15 is 0 Å². The van der Waals surface area contributed by atoms with E-state index in [0.717, 1.165) is 33.6 Å². The zero-order valence-corrected chi connectivity index (χ0v) is 16.1. The highest BCUT2D eigenvalue weighted by Gasteiger charge is 2.23. The quantitative estimate of drug-likeness (QED) is 0.708. The molecule has 7 heteroatoms. The molecule has 3 aromatic rings. The van der Waals surface area contributed by atoms with Crippen molar-refractivity contribution < 1.29 is 9.90 Å². The Morgan fingerprint density at radius 2 is 2.12 bits per heavy atom. The average Bonchev–Trinajstić information content (AvgIpc) is 3.15. The van der Waals surface area contributed by atoms with Gasteiger partial charge in [0.1, 0.15) is 16.0 Å². The van der Waals surface area contributed by atoms with Crippen molar-refractivity contribution in [2.24, 2.45) is 0 Å². The molecule has 4 rings (SSSR count). The maximum atomic E-state index is 11.3. The SMILES string of the molecule is Cc1nc(-c2cc3cc(C(C)N4CCC4)cc(C#N)c3s2)sc1C(=O)O. The molecule has 0 amide bonds. The molecule has 1 saturated heterocycles. The number of aryl methyl sites for hydroxylation is 1. The largest absolute Gasteiger partial charge is 0.477 e. The number of likely N-dealkylation sites (tertiary alicyclic amines) is 1. The topological polar surface area (TPSA) is 77.2 Å². The van der Waals surface area contributed by atoms with E-state index in [1.165, 1.54) is 29.1 Å². The second-order valence-electron chi connectivity index (χ2n) is 6.51. The van der Waals surface area contributed by atoms with E-state index in [2.05, 4.69) is 28.9 Å². The number of rotatable bonds is 4. The molecule has 1 aliphatic heterocycles. The number of benzene rings is 1. The van der Waals surface area contributed by atoms with Crippen LogP contribution in [-0.4, -0.2) is 34.0 Å². The normalized spacial score (nSPS) is 15.6. The van der Waals surface area contributed by atoms with Crippen LogP contribution in [0.4, 0.5) is 0 Å². The number of aromatic carboxylic acids is 1. The average molecular weight is 383 g/mol. The number of hydrogen-bond donors (Lipinski definition) is 1. The minimum absolute atomic E-state index is 0.269. The number of nitriles is 1. The van der Waals surface area contributed by atoms with Gasteiger partial charge in [0, 0.05) is 6.04 Å². The van der Waals surface area contributed by atoms with Gasteiger partial charge in [0.25, 0.3) is 0 Å². The lowest BCUT2D eigenvalue weighted by Crippen LogP contribution is -2.38. The highest BCUT2D eigenvalue weighted by molar-refractivity contribution is 7.26. The van der Waals surface area contributed by atoms with Crippen molar-refractivity contribution in [2.75, 3.05) is 13.1 Å². The molecule has 0 radical (unpaired) electrons. The molecular weight excluding hydrogens is 366 g/mol. The molecule has 1 atom stereocenters. The van der Waals surface area contributed by atoms with E-state index in [1.54, 1.807) is 6.92 Å². The smallest absolute Gasteiger partial charge is 0.347 e. The first-order valence-electron chi connectivity index (χ1n) is 8.40. The first-order valence-corrected chi connectivity index (χ1v) is 10.0. The maximum Gasteiger partial charge on any atom is 0.347 e. The predicted molar refractivity (Wildman–Crippen MR) is 104 cm³/mol. The number of nitrogens with zero attached hydrogens (tertiary/aromatic N) is 3. The molecular formula is C19H17N3O2S2. The molecule has 26 heavy (non-hydrogen) atoms. The van der Waals surface area contributed by atoms with E-state index in [4.69, 9.17) is 0 Å². The van der Waals surface area contributed by atoms with E-state index in [1.807, 2.05) is 12.1 Å². The predicted octanol–water partition coefficient (Wildman–Crippen LogP) is 4.67. The van der Waals surface area contributed by atoms with Crippen LogP contribution in [0.5, 0.6) is 0 Å². The molecule has 1 N–H and O–H groups in total. The number of hydrogen-bond acceptors (Lipinski definition) is 6. The summed E-state index contributed by atoms with van der Waals surface area (Å²) in [7, 11) is 0. The van der Waals surface area contributed by atoms with Gasteiger partial charge in [-0.2, -0.15) is 5.26 Å². The third-order valence-corrected chi connectivity index (χ3v) is 7.38. The zero-order valence-electron chi connectivity index (χ0n) is 14.4. The van der Waals surface area contributed by atoms with Crippen molar-refractivity contribution in [3.05, 3.63) is 39.9 Å². The molecule has 0 saturated carbocycles. The number of thiophene rings is 1. The number of carboxylic acids is 1. The third-order valence-electron chi connectivity index (χ3n) is 4.88. The van der Waals surface area contributed by atoms with Crippen molar-refractivity contribution in [1.82, 2.24) is 9.88 Å². The van der Waals surface area contributed by atoms with Gasteiger partial charge in [-0.15, -0.1) is 22.7 Å². The fourth-order valence-electron chi connectivity index (χ4n) is 3.24. The third kappa shape index (κ3) is 2.80. The fourth-order valence-corrected chi connectivity index (χ4v) is 5.30. The van der Waals surface area contributed by atoms with Crippen LogP contribution in [0.3, 0.4) is 0 Å². The summed E-state index contributed by atoms with van der Waals surface area (Å²) >= 11 is 2.69. The number of thiazole rings is 1. The van der Waals surface area contributed by atoms with Gasteiger partial charge in [-0.05, 0) is 62.5 Å². The standard InChI is InChI=1S/C19H17N3O2S2/c1-10-16(19(23)24)26-18(21-10)15-8-13-6-12(11(2)22-4-3-5-22)7-14(9-20)17(13)25-15/h6-8,11H,3-5H2,1-2H3,(H,23,24). The van der Waals surface area contributed by atoms with E-state index < -0.39 is 5.97 Å². The molecule has 1 aliphatic rings. The minimum atomic E-state index is -0.948. The fraction of sp³-hybridized carbons (Fsp3) is 0.316. The Kier molecular flexibility index (Phi) is 4.27. The van der Waals surface area contributed by atoms with Crippen LogP contribution in [-0.2, 0) is 0 Å². The maximum absolute atomic E-state index is 11.3. The molecule has 1 fully saturated rings. The lowest BCUT2D eigenvalue weighted by molar-refractivity contribution is 0.0701. The monoisotopic (exact) mass is 383 g/mol. The van der Waals surface area contributed by atoms with Gasteiger partial charge in [-0.1, -0.05) is 0 Å². The molecule has 3 heterocycles. The molecule has 5 nitrogen and oxygen atoms in total. The van der Waals surface area contributed by atoms with Gasteiger partial charge in [0.05, 0.1) is 20.8 Å². The van der Waals surface area contributed by atoms with Crippen LogP contribution in [0.25, 0.3) is 20.0 Å². The lowest BCUT2D eigenvalue weighted by atomic mass is 9.99. The van der Waals surface area contributed by atoms with Gasteiger partial charge in [0.15, 0.2) is 0 Å². The van der Waals surface area contributed by atoms with Crippen LogP contribution >= 0.6 is 22.7 Å². The van der Waals surface area contributed by atoms with Gasteiger partial charge in [0.2, 0.25) is 0 Å². The second kappa shape index (κ2) is 6.47.